The molecule has 1 saturated heterocycles. The second-order valence-electron chi connectivity index (χ2n) is 6.49. The van der Waals surface area contributed by atoms with Gasteiger partial charge in [0, 0.05) is 25.2 Å². The Labute approximate surface area is 134 Å². The van der Waals surface area contributed by atoms with E-state index in [9.17, 15) is 19.1 Å². The van der Waals surface area contributed by atoms with Crippen molar-refractivity contribution in [1.82, 2.24) is 5.32 Å². The smallest absolute Gasteiger partial charge is 0.227 e. The summed E-state index contributed by atoms with van der Waals surface area (Å²) in [7, 11) is 0. The molecule has 23 heavy (non-hydrogen) atoms. The highest BCUT2D eigenvalue weighted by Crippen LogP contribution is 2.32. The van der Waals surface area contributed by atoms with Crippen molar-refractivity contribution in [2.75, 3.05) is 18.0 Å². The quantitative estimate of drug-likeness (QED) is 0.861. The van der Waals surface area contributed by atoms with Crippen molar-refractivity contribution < 1.29 is 19.1 Å². The Bertz CT molecular complexity index is 630. The van der Waals surface area contributed by atoms with Crippen molar-refractivity contribution in [2.45, 2.75) is 32.3 Å². The second-order valence-corrected chi connectivity index (χ2v) is 6.49. The first-order valence-electron chi connectivity index (χ1n) is 7.98. The molecule has 0 aromatic heterocycles. The van der Waals surface area contributed by atoms with Gasteiger partial charge in [-0.15, -0.1) is 0 Å². The summed E-state index contributed by atoms with van der Waals surface area (Å²) in [5.41, 5.74) is 1.08. The molecule has 6 heteroatoms. The minimum absolute atomic E-state index is 0.140. The molecule has 2 fully saturated rings. The van der Waals surface area contributed by atoms with Crippen molar-refractivity contribution in [3.63, 3.8) is 0 Å². The first-order chi connectivity index (χ1) is 11.0. The monoisotopic (exact) mass is 320 g/mol. The van der Waals surface area contributed by atoms with Crippen molar-refractivity contribution in [2.24, 2.45) is 11.8 Å². The summed E-state index contributed by atoms with van der Waals surface area (Å²) < 4.78 is 13.3. The number of aryl methyl sites for hydroxylation is 1. The van der Waals surface area contributed by atoms with Crippen molar-refractivity contribution in [1.29, 1.82) is 0 Å². The zero-order valence-electron chi connectivity index (χ0n) is 13.1. The van der Waals surface area contributed by atoms with E-state index < -0.39 is 12.0 Å². The third kappa shape index (κ3) is 3.52. The molecule has 1 heterocycles. The Morgan fingerprint density at radius 2 is 2.22 bits per heavy atom. The van der Waals surface area contributed by atoms with Gasteiger partial charge in [0.15, 0.2) is 0 Å². The number of aliphatic hydroxyl groups excluding tert-OH is 1. The average Bonchev–Trinajstić information content (AvgIpc) is 3.30. The van der Waals surface area contributed by atoms with Crippen LogP contribution < -0.4 is 10.2 Å². The fraction of sp³-hybridized carbons (Fsp3) is 0.529. The molecule has 2 unspecified atom stereocenters. The van der Waals surface area contributed by atoms with Crippen LogP contribution in [-0.4, -0.2) is 36.1 Å². The first-order valence-corrected chi connectivity index (χ1v) is 7.98. The normalized spacial score (nSPS) is 22.3. The Balaban J connectivity index is 1.59. The molecule has 1 aromatic carbocycles. The number of amides is 2. The van der Waals surface area contributed by atoms with Gasteiger partial charge >= 0.3 is 0 Å². The SMILES string of the molecule is Cc1cc(N2CC(C(=O)NCC(O)C3CC3)CC2=O)ccc1F. The van der Waals surface area contributed by atoms with Gasteiger partial charge in [-0.05, 0) is 49.4 Å². The van der Waals surface area contributed by atoms with Gasteiger partial charge in [-0.3, -0.25) is 9.59 Å². The molecular weight excluding hydrogens is 299 g/mol. The van der Waals surface area contributed by atoms with Gasteiger partial charge in [0.05, 0.1) is 12.0 Å². The number of rotatable bonds is 5. The van der Waals surface area contributed by atoms with Crippen LogP contribution in [0.25, 0.3) is 0 Å². The number of hydrogen-bond donors (Lipinski definition) is 2. The van der Waals surface area contributed by atoms with Gasteiger partial charge < -0.3 is 15.3 Å². The number of carbonyl (C=O) groups excluding carboxylic acids is 2. The predicted octanol–water partition coefficient (Wildman–Crippen LogP) is 1.37. The number of benzene rings is 1. The molecular formula is C17H21FN2O3. The molecule has 1 aromatic rings. The van der Waals surface area contributed by atoms with Crippen LogP contribution in [0.3, 0.4) is 0 Å². The largest absolute Gasteiger partial charge is 0.391 e. The van der Waals surface area contributed by atoms with Gasteiger partial charge in [-0.2, -0.15) is 0 Å². The maximum atomic E-state index is 13.3. The van der Waals surface area contributed by atoms with Crippen molar-refractivity contribution in [3.8, 4) is 0 Å². The first kappa shape index (κ1) is 15.9. The van der Waals surface area contributed by atoms with Gasteiger partial charge in [-0.1, -0.05) is 0 Å². The van der Waals surface area contributed by atoms with Gasteiger partial charge in [-0.25, -0.2) is 4.39 Å². The summed E-state index contributed by atoms with van der Waals surface area (Å²) in [5, 5.41) is 12.5. The van der Waals surface area contributed by atoms with Crippen LogP contribution in [-0.2, 0) is 9.59 Å². The highest BCUT2D eigenvalue weighted by molar-refractivity contribution is 6.00. The molecule has 0 radical (unpaired) electrons. The lowest BCUT2D eigenvalue weighted by molar-refractivity contribution is -0.126. The molecule has 2 N–H and O–H groups in total. The van der Waals surface area contributed by atoms with Crippen molar-refractivity contribution in [3.05, 3.63) is 29.6 Å². The van der Waals surface area contributed by atoms with Crippen LogP contribution in [0, 0.1) is 24.6 Å². The molecule has 2 atom stereocenters. The Morgan fingerprint density at radius 1 is 1.48 bits per heavy atom. The van der Waals surface area contributed by atoms with Gasteiger partial charge in [0.1, 0.15) is 5.82 Å². The van der Waals surface area contributed by atoms with Crippen LogP contribution in [0.2, 0.25) is 0 Å². The number of nitrogens with one attached hydrogen (secondary N) is 1. The molecule has 1 aliphatic carbocycles. The van der Waals surface area contributed by atoms with Crippen molar-refractivity contribution >= 4 is 17.5 Å². The predicted molar refractivity (Wildman–Crippen MR) is 83.3 cm³/mol. The van der Waals surface area contributed by atoms with Crippen LogP contribution in [0.4, 0.5) is 10.1 Å². The molecule has 0 spiro atoms. The van der Waals surface area contributed by atoms with E-state index in [2.05, 4.69) is 5.32 Å². The standard InChI is InChI=1S/C17H21FN2O3/c1-10-6-13(4-5-14(10)18)20-9-12(7-16(20)22)17(23)19-8-15(21)11-2-3-11/h4-6,11-12,15,21H,2-3,7-9H2,1H3,(H,19,23). The minimum Gasteiger partial charge on any atom is -0.391 e. The summed E-state index contributed by atoms with van der Waals surface area (Å²) in [6.07, 6.45) is 1.67. The number of nitrogens with zero attached hydrogens (tertiary/aromatic N) is 1. The molecule has 2 amide bonds. The van der Waals surface area contributed by atoms with Crippen LogP contribution >= 0.6 is 0 Å². The lowest BCUT2D eigenvalue weighted by Crippen LogP contribution is -2.38. The summed E-state index contributed by atoms with van der Waals surface area (Å²) in [5.74, 6) is -0.791. The molecule has 2 aliphatic rings. The molecule has 0 bridgehead atoms. The summed E-state index contributed by atoms with van der Waals surface area (Å²) in [6.45, 7) is 2.17. The number of anilines is 1. The van der Waals surface area contributed by atoms with E-state index in [1.807, 2.05) is 0 Å². The van der Waals surface area contributed by atoms with Crippen LogP contribution in [0.15, 0.2) is 18.2 Å². The maximum absolute atomic E-state index is 13.3. The van der Waals surface area contributed by atoms with Gasteiger partial charge in [0.25, 0.3) is 0 Å². The van der Waals surface area contributed by atoms with E-state index in [-0.39, 0.29) is 37.1 Å². The fourth-order valence-electron chi connectivity index (χ4n) is 2.93. The van der Waals surface area contributed by atoms with E-state index in [0.717, 1.165) is 12.8 Å². The Morgan fingerprint density at radius 3 is 2.87 bits per heavy atom. The fourth-order valence-corrected chi connectivity index (χ4v) is 2.93. The summed E-state index contributed by atoms with van der Waals surface area (Å²) >= 11 is 0. The lowest BCUT2D eigenvalue weighted by Gasteiger charge is -2.18. The highest BCUT2D eigenvalue weighted by Gasteiger charge is 2.36. The Kier molecular flexibility index (Phi) is 4.35. The molecule has 3 rings (SSSR count). The van der Waals surface area contributed by atoms with Crippen LogP contribution in [0.5, 0.6) is 0 Å². The minimum atomic E-state index is -0.494. The zero-order chi connectivity index (χ0) is 16.6. The topological polar surface area (TPSA) is 69.6 Å². The van der Waals surface area contributed by atoms with E-state index >= 15 is 0 Å². The van der Waals surface area contributed by atoms with E-state index in [1.165, 1.54) is 11.0 Å². The molecule has 1 aliphatic heterocycles. The third-order valence-electron chi connectivity index (χ3n) is 4.60. The van der Waals surface area contributed by atoms with E-state index in [1.54, 1.807) is 19.1 Å². The highest BCUT2D eigenvalue weighted by atomic mass is 19.1. The average molecular weight is 320 g/mol. The summed E-state index contributed by atoms with van der Waals surface area (Å²) in [4.78, 5) is 25.8. The second kappa shape index (κ2) is 6.28. The molecule has 1 saturated carbocycles. The molecule has 5 nitrogen and oxygen atoms in total. The number of carbonyl (C=O) groups is 2. The van der Waals surface area contributed by atoms with Crippen LogP contribution in [0.1, 0.15) is 24.8 Å². The number of hydrogen-bond acceptors (Lipinski definition) is 3. The number of halogens is 1. The van der Waals surface area contributed by atoms with E-state index in [0.29, 0.717) is 17.2 Å². The zero-order valence-corrected chi connectivity index (χ0v) is 13.1. The molecule has 124 valence electrons. The lowest BCUT2D eigenvalue weighted by atomic mass is 10.1. The van der Waals surface area contributed by atoms with Gasteiger partial charge in [0.2, 0.25) is 11.8 Å². The Hall–Kier alpha value is -1.95. The third-order valence-corrected chi connectivity index (χ3v) is 4.60. The number of aliphatic hydroxyl groups is 1. The maximum Gasteiger partial charge on any atom is 0.227 e. The summed E-state index contributed by atoms with van der Waals surface area (Å²) in [6, 6.07) is 4.50. The van der Waals surface area contributed by atoms with E-state index in [4.69, 9.17) is 0 Å².